The van der Waals surface area contributed by atoms with Gasteiger partial charge >= 0.3 is 0 Å². The third kappa shape index (κ3) is 2.58. The SMILES string of the molecule is CC[NH+]1CC[NH+](CC(=O)N[C@]2(C)[C@H]3CC[C@H](C3)C2(C)C)CC1. The number of carbonyl (C=O) groups excluding carboxylic acids is 1. The molecule has 4 heteroatoms. The summed E-state index contributed by atoms with van der Waals surface area (Å²) in [5, 5.41) is 3.48. The number of fused-ring (bicyclic) bond motifs is 2. The van der Waals surface area contributed by atoms with E-state index in [1.807, 2.05) is 0 Å². The van der Waals surface area contributed by atoms with Crippen LogP contribution in [0.25, 0.3) is 0 Å². The molecular formula is C18H35N3O+2. The van der Waals surface area contributed by atoms with Gasteiger partial charge in [-0.1, -0.05) is 13.8 Å². The van der Waals surface area contributed by atoms with Crippen molar-refractivity contribution in [2.45, 2.75) is 52.5 Å². The van der Waals surface area contributed by atoms with Crippen molar-refractivity contribution in [3.8, 4) is 0 Å². The molecular weight excluding hydrogens is 274 g/mol. The van der Waals surface area contributed by atoms with Gasteiger partial charge in [0.1, 0.15) is 26.2 Å². The first kappa shape index (κ1) is 16.3. The van der Waals surface area contributed by atoms with E-state index in [9.17, 15) is 4.79 Å². The molecule has 3 rings (SSSR count). The lowest BCUT2D eigenvalue weighted by atomic mass is 9.64. The van der Waals surface area contributed by atoms with E-state index in [1.54, 1.807) is 4.90 Å². The van der Waals surface area contributed by atoms with E-state index >= 15 is 0 Å². The van der Waals surface area contributed by atoms with Crippen LogP contribution in [0.2, 0.25) is 0 Å². The molecule has 0 spiro atoms. The molecule has 0 unspecified atom stereocenters. The van der Waals surface area contributed by atoms with Gasteiger partial charge in [-0.25, -0.2) is 0 Å². The van der Waals surface area contributed by atoms with Crippen LogP contribution in [0.15, 0.2) is 0 Å². The van der Waals surface area contributed by atoms with Crippen LogP contribution in [-0.2, 0) is 4.79 Å². The van der Waals surface area contributed by atoms with Gasteiger partial charge in [-0.2, -0.15) is 0 Å². The number of rotatable bonds is 4. The van der Waals surface area contributed by atoms with E-state index in [-0.39, 0.29) is 16.9 Å². The predicted octanol–water partition coefficient (Wildman–Crippen LogP) is -0.879. The van der Waals surface area contributed by atoms with Crippen LogP contribution in [0.5, 0.6) is 0 Å². The number of quaternary nitrogens is 2. The zero-order valence-electron chi connectivity index (χ0n) is 14.9. The second-order valence-electron chi connectivity index (χ2n) is 8.71. The Bertz CT molecular complexity index is 428. The molecule has 1 heterocycles. The Hall–Kier alpha value is -0.610. The molecule has 22 heavy (non-hydrogen) atoms. The molecule has 4 nitrogen and oxygen atoms in total. The van der Waals surface area contributed by atoms with Gasteiger partial charge < -0.3 is 15.1 Å². The van der Waals surface area contributed by atoms with Crippen molar-refractivity contribution in [1.82, 2.24) is 5.32 Å². The summed E-state index contributed by atoms with van der Waals surface area (Å²) in [6.07, 6.45) is 3.97. The average molecular weight is 309 g/mol. The molecule has 126 valence electrons. The van der Waals surface area contributed by atoms with Crippen molar-refractivity contribution < 1.29 is 14.6 Å². The van der Waals surface area contributed by atoms with Crippen LogP contribution in [0.4, 0.5) is 0 Å². The highest BCUT2D eigenvalue weighted by Crippen LogP contribution is 2.61. The quantitative estimate of drug-likeness (QED) is 0.620. The number of hydrogen-bond donors (Lipinski definition) is 3. The minimum absolute atomic E-state index is 0.00291. The van der Waals surface area contributed by atoms with Crippen molar-refractivity contribution in [3.05, 3.63) is 0 Å². The smallest absolute Gasteiger partial charge is 0.275 e. The van der Waals surface area contributed by atoms with Crippen molar-refractivity contribution >= 4 is 5.91 Å². The zero-order valence-corrected chi connectivity index (χ0v) is 14.9. The molecule has 1 aliphatic heterocycles. The maximum Gasteiger partial charge on any atom is 0.275 e. The summed E-state index contributed by atoms with van der Waals surface area (Å²) in [5.74, 6) is 1.76. The Morgan fingerprint density at radius 1 is 1.05 bits per heavy atom. The number of hydrogen-bond acceptors (Lipinski definition) is 1. The van der Waals surface area contributed by atoms with Crippen molar-refractivity contribution in [1.29, 1.82) is 0 Å². The minimum atomic E-state index is 0.00291. The lowest BCUT2D eigenvalue weighted by molar-refractivity contribution is -1.01. The topological polar surface area (TPSA) is 38.0 Å². The van der Waals surface area contributed by atoms with E-state index in [0.29, 0.717) is 12.5 Å². The summed E-state index contributed by atoms with van der Waals surface area (Å²) in [5.41, 5.74) is 0.245. The fourth-order valence-corrected chi connectivity index (χ4v) is 5.42. The number of amides is 1. The van der Waals surface area contributed by atoms with Gasteiger partial charge in [-0.3, -0.25) is 4.79 Å². The van der Waals surface area contributed by atoms with Crippen LogP contribution in [0, 0.1) is 17.3 Å². The van der Waals surface area contributed by atoms with E-state index in [2.05, 4.69) is 33.0 Å². The Morgan fingerprint density at radius 2 is 1.64 bits per heavy atom. The first-order chi connectivity index (χ1) is 10.4. The van der Waals surface area contributed by atoms with Crippen LogP contribution in [-0.4, -0.2) is 50.7 Å². The largest absolute Gasteiger partial charge is 0.345 e. The van der Waals surface area contributed by atoms with E-state index < -0.39 is 0 Å². The van der Waals surface area contributed by atoms with E-state index in [4.69, 9.17) is 0 Å². The molecule has 3 fully saturated rings. The minimum Gasteiger partial charge on any atom is -0.345 e. The number of carbonyl (C=O) groups is 1. The Balaban J connectivity index is 1.56. The molecule has 1 amide bonds. The molecule has 0 aromatic heterocycles. The molecule has 1 saturated heterocycles. The summed E-state index contributed by atoms with van der Waals surface area (Å²) < 4.78 is 0. The van der Waals surface area contributed by atoms with Crippen LogP contribution in [0.3, 0.4) is 0 Å². The van der Waals surface area contributed by atoms with Crippen LogP contribution < -0.4 is 15.1 Å². The highest BCUT2D eigenvalue weighted by Gasteiger charge is 2.60. The second-order valence-corrected chi connectivity index (χ2v) is 8.71. The molecule has 3 aliphatic rings. The lowest BCUT2D eigenvalue weighted by Gasteiger charge is -2.48. The normalized spacial score (nSPS) is 43.3. The van der Waals surface area contributed by atoms with Crippen molar-refractivity contribution in [2.75, 3.05) is 39.3 Å². The molecule has 2 saturated carbocycles. The third-order valence-corrected chi connectivity index (χ3v) is 7.58. The molecule has 0 radical (unpaired) electrons. The maximum absolute atomic E-state index is 12.6. The number of likely N-dealkylation sites (N-methyl/N-ethyl adjacent to an activating group) is 1. The maximum atomic E-state index is 12.6. The lowest BCUT2D eigenvalue weighted by Crippen LogP contribution is -3.28. The first-order valence-electron chi connectivity index (χ1n) is 9.35. The van der Waals surface area contributed by atoms with E-state index in [1.165, 1.54) is 43.8 Å². The highest BCUT2D eigenvalue weighted by molar-refractivity contribution is 5.78. The van der Waals surface area contributed by atoms with Gasteiger partial charge in [0.2, 0.25) is 0 Å². The average Bonchev–Trinajstić information content (AvgIpc) is 3.03. The monoisotopic (exact) mass is 309 g/mol. The third-order valence-electron chi connectivity index (χ3n) is 7.58. The van der Waals surface area contributed by atoms with Crippen molar-refractivity contribution in [3.63, 3.8) is 0 Å². The van der Waals surface area contributed by atoms with Gasteiger partial charge in [0.05, 0.1) is 6.54 Å². The molecule has 0 aromatic rings. The fraction of sp³-hybridized carbons (Fsp3) is 0.944. The standard InChI is InChI=1S/C18H33N3O/c1-5-20-8-10-21(11-9-20)13-16(22)19-18(4)15-7-6-14(12-15)17(18,2)3/h14-15H,5-13H2,1-4H3,(H,19,22)/p+2/t14-,15+,18-/m1/s1. The van der Waals surface area contributed by atoms with E-state index in [0.717, 1.165) is 19.0 Å². The van der Waals surface area contributed by atoms with Gasteiger partial charge in [-0.05, 0) is 50.4 Å². The Morgan fingerprint density at radius 3 is 2.18 bits per heavy atom. The second kappa shape index (κ2) is 5.79. The number of piperazine rings is 1. The van der Waals surface area contributed by atoms with Crippen LogP contribution >= 0.6 is 0 Å². The van der Waals surface area contributed by atoms with Gasteiger partial charge in [0.25, 0.3) is 5.91 Å². The summed E-state index contributed by atoms with van der Waals surface area (Å²) >= 11 is 0. The number of nitrogens with one attached hydrogen (secondary N) is 3. The first-order valence-corrected chi connectivity index (χ1v) is 9.35. The van der Waals surface area contributed by atoms with Gasteiger partial charge in [-0.15, -0.1) is 0 Å². The Labute approximate surface area is 135 Å². The molecule has 2 bridgehead atoms. The van der Waals surface area contributed by atoms with Gasteiger partial charge in [0.15, 0.2) is 6.54 Å². The van der Waals surface area contributed by atoms with Crippen LogP contribution in [0.1, 0.15) is 47.0 Å². The summed E-state index contributed by atoms with van der Waals surface area (Å²) in [6, 6.07) is 0. The molecule has 3 atom stereocenters. The molecule has 2 aliphatic carbocycles. The summed E-state index contributed by atoms with van der Waals surface area (Å²) in [4.78, 5) is 15.8. The molecule has 3 N–H and O–H groups in total. The predicted molar refractivity (Wildman–Crippen MR) is 88.0 cm³/mol. The summed E-state index contributed by atoms with van der Waals surface area (Å²) in [7, 11) is 0. The Kier molecular flexibility index (Phi) is 4.28. The zero-order chi connectivity index (χ0) is 16.0. The van der Waals surface area contributed by atoms with Crippen molar-refractivity contribution in [2.24, 2.45) is 17.3 Å². The summed E-state index contributed by atoms with van der Waals surface area (Å²) in [6.45, 7) is 15.9. The van der Waals surface area contributed by atoms with Gasteiger partial charge in [0, 0.05) is 5.54 Å². The fourth-order valence-electron chi connectivity index (χ4n) is 5.42. The molecule has 0 aromatic carbocycles. The highest BCUT2D eigenvalue weighted by atomic mass is 16.2.